The number of aryl methyl sites for hydroxylation is 2. The van der Waals surface area contributed by atoms with E-state index < -0.39 is 0 Å². The first-order chi connectivity index (χ1) is 12.2. The Bertz CT molecular complexity index is 911. The van der Waals surface area contributed by atoms with Crippen molar-refractivity contribution in [2.24, 2.45) is 0 Å². The molecule has 0 unspecified atom stereocenters. The highest BCUT2D eigenvalue weighted by Crippen LogP contribution is 2.35. The van der Waals surface area contributed by atoms with Crippen LogP contribution in [0.25, 0.3) is 0 Å². The molecule has 5 nitrogen and oxygen atoms in total. The molecule has 7 heteroatoms. The minimum absolute atomic E-state index is 0.301. The van der Waals surface area contributed by atoms with E-state index in [1.54, 1.807) is 23.1 Å². The van der Waals surface area contributed by atoms with Crippen LogP contribution in [-0.2, 0) is 5.75 Å². The maximum absolute atomic E-state index is 5.41. The Kier molecular flexibility index (Phi) is 4.50. The summed E-state index contributed by atoms with van der Waals surface area (Å²) in [4.78, 5) is 0. The Balaban J connectivity index is 1.38. The zero-order valence-electron chi connectivity index (χ0n) is 13.9. The van der Waals surface area contributed by atoms with Crippen LogP contribution < -0.4 is 14.8 Å². The third-order valence-corrected chi connectivity index (χ3v) is 6.01. The zero-order valence-corrected chi connectivity index (χ0v) is 15.5. The predicted octanol–water partition coefficient (Wildman–Crippen LogP) is 4.92. The number of hydrogen-bond donors (Lipinski definition) is 1. The molecule has 4 rings (SSSR count). The van der Waals surface area contributed by atoms with E-state index in [2.05, 4.69) is 53.6 Å². The predicted molar refractivity (Wildman–Crippen MR) is 101 cm³/mol. The second kappa shape index (κ2) is 6.93. The third-order valence-electron chi connectivity index (χ3n) is 3.96. The lowest BCUT2D eigenvalue weighted by Gasteiger charge is -2.05. The highest BCUT2D eigenvalue weighted by Gasteiger charge is 2.13. The van der Waals surface area contributed by atoms with E-state index in [0.29, 0.717) is 6.79 Å². The topological polar surface area (TPSA) is 56.3 Å². The number of ether oxygens (including phenoxy) is 2. The maximum atomic E-state index is 5.41. The van der Waals surface area contributed by atoms with Gasteiger partial charge in [0.1, 0.15) is 0 Å². The Morgan fingerprint density at radius 2 is 1.92 bits per heavy atom. The molecule has 0 saturated heterocycles. The molecule has 0 radical (unpaired) electrons. The molecule has 1 N–H and O–H groups in total. The van der Waals surface area contributed by atoms with Crippen LogP contribution in [0.1, 0.15) is 16.7 Å². The van der Waals surface area contributed by atoms with Crippen LogP contribution in [0.5, 0.6) is 11.5 Å². The Hall–Kier alpha value is -2.25. The van der Waals surface area contributed by atoms with Crippen LogP contribution in [0.4, 0.5) is 10.8 Å². The van der Waals surface area contributed by atoms with Crippen LogP contribution in [0.3, 0.4) is 0 Å². The van der Waals surface area contributed by atoms with Gasteiger partial charge < -0.3 is 14.8 Å². The summed E-state index contributed by atoms with van der Waals surface area (Å²) < 4.78 is 11.7. The zero-order chi connectivity index (χ0) is 17.2. The van der Waals surface area contributed by atoms with Gasteiger partial charge in [0, 0.05) is 11.4 Å². The summed E-state index contributed by atoms with van der Waals surface area (Å²) in [5.74, 6) is 2.44. The number of aromatic nitrogens is 2. The highest BCUT2D eigenvalue weighted by atomic mass is 32.2. The van der Waals surface area contributed by atoms with Gasteiger partial charge >= 0.3 is 0 Å². The number of anilines is 2. The lowest BCUT2D eigenvalue weighted by molar-refractivity contribution is 0.174. The first kappa shape index (κ1) is 16.2. The number of nitrogens with one attached hydrogen (secondary N) is 1. The van der Waals surface area contributed by atoms with Crippen LogP contribution in [0.15, 0.2) is 40.7 Å². The second-order valence-corrected chi connectivity index (χ2v) is 7.97. The molecule has 0 atom stereocenters. The average Bonchev–Trinajstić information content (AvgIpc) is 3.25. The largest absolute Gasteiger partial charge is 0.454 e. The molecular formula is C18H17N3O2S2. The maximum Gasteiger partial charge on any atom is 0.231 e. The summed E-state index contributed by atoms with van der Waals surface area (Å²) in [7, 11) is 0. The van der Waals surface area contributed by atoms with Gasteiger partial charge in [0.15, 0.2) is 15.8 Å². The van der Waals surface area contributed by atoms with Crippen molar-refractivity contribution in [3.8, 4) is 11.5 Å². The van der Waals surface area contributed by atoms with Crippen molar-refractivity contribution in [1.82, 2.24) is 10.2 Å². The molecule has 0 aliphatic carbocycles. The van der Waals surface area contributed by atoms with Gasteiger partial charge in [-0.3, -0.25) is 0 Å². The van der Waals surface area contributed by atoms with E-state index in [0.717, 1.165) is 32.4 Å². The first-order valence-corrected chi connectivity index (χ1v) is 9.67. The minimum atomic E-state index is 0.301. The number of benzene rings is 2. The summed E-state index contributed by atoms with van der Waals surface area (Å²) in [6.07, 6.45) is 0. The van der Waals surface area contributed by atoms with Gasteiger partial charge in [0.2, 0.25) is 11.9 Å². The van der Waals surface area contributed by atoms with E-state index in [-0.39, 0.29) is 0 Å². The van der Waals surface area contributed by atoms with Gasteiger partial charge in [0.25, 0.3) is 0 Å². The number of fused-ring (bicyclic) bond motifs is 1. The monoisotopic (exact) mass is 371 g/mol. The average molecular weight is 371 g/mol. The summed E-state index contributed by atoms with van der Waals surface area (Å²) >= 11 is 3.22. The van der Waals surface area contributed by atoms with Gasteiger partial charge in [-0.1, -0.05) is 35.2 Å². The molecule has 0 fully saturated rings. The standard InChI is InChI=1S/C18H17N3O2S2/c1-11-3-5-14(7-12(11)2)19-17-20-21-18(25-17)24-9-13-4-6-15-16(8-13)23-10-22-15/h3-8H,9-10H2,1-2H3,(H,19,20). The number of rotatable bonds is 5. The first-order valence-electron chi connectivity index (χ1n) is 7.86. The summed E-state index contributed by atoms with van der Waals surface area (Å²) in [6, 6.07) is 12.3. The molecule has 1 aliphatic heterocycles. The van der Waals surface area contributed by atoms with Gasteiger partial charge in [-0.2, -0.15) is 0 Å². The number of nitrogens with zero attached hydrogens (tertiary/aromatic N) is 2. The van der Waals surface area contributed by atoms with Gasteiger partial charge in [-0.05, 0) is 54.8 Å². The molecule has 128 valence electrons. The van der Waals surface area contributed by atoms with E-state index in [9.17, 15) is 0 Å². The normalized spacial score (nSPS) is 12.4. The van der Waals surface area contributed by atoms with Crippen molar-refractivity contribution in [3.05, 3.63) is 53.1 Å². The third kappa shape index (κ3) is 3.72. The van der Waals surface area contributed by atoms with Crippen LogP contribution in [-0.4, -0.2) is 17.0 Å². The van der Waals surface area contributed by atoms with Crippen LogP contribution in [0.2, 0.25) is 0 Å². The van der Waals surface area contributed by atoms with E-state index >= 15 is 0 Å². The molecule has 2 heterocycles. The molecule has 2 aromatic carbocycles. The van der Waals surface area contributed by atoms with Crippen LogP contribution >= 0.6 is 23.1 Å². The molecule has 0 bridgehead atoms. The minimum Gasteiger partial charge on any atom is -0.454 e. The molecular weight excluding hydrogens is 354 g/mol. The fourth-order valence-corrected chi connectivity index (χ4v) is 4.15. The number of thioether (sulfide) groups is 1. The van der Waals surface area contributed by atoms with Gasteiger partial charge in [-0.15, -0.1) is 10.2 Å². The smallest absolute Gasteiger partial charge is 0.231 e. The molecule has 0 saturated carbocycles. The fraction of sp³-hybridized carbons (Fsp3) is 0.222. The molecule has 0 spiro atoms. The van der Waals surface area contributed by atoms with Gasteiger partial charge in [0.05, 0.1) is 0 Å². The van der Waals surface area contributed by atoms with Crippen molar-refractivity contribution in [2.45, 2.75) is 23.9 Å². The molecule has 25 heavy (non-hydrogen) atoms. The number of hydrogen-bond acceptors (Lipinski definition) is 7. The SMILES string of the molecule is Cc1ccc(Nc2nnc(SCc3ccc4c(c3)OCO4)s2)cc1C. The van der Waals surface area contributed by atoms with Crippen molar-refractivity contribution in [2.75, 3.05) is 12.1 Å². The second-order valence-electron chi connectivity index (χ2n) is 5.77. The van der Waals surface area contributed by atoms with E-state index in [1.807, 2.05) is 12.1 Å². The van der Waals surface area contributed by atoms with Crippen molar-refractivity contribution in [3.63, 3.8) is 0 Å². The molecule has 1 aromatic heterocycles. The summed E-state index contributed by atoms with van der Waals surface area (Å²) in [5.41, 5.74) is 4.74. The summed E-state index contributed by atoms with van der Waals surface area (Å²) in [5, 5.41) is 12.6. The van der Waals surface area contributed by atoms with E-state index in [4.69, 9.17) is 9.47 Å². The van der Waals surface area contributed by atoms with Crippen molar-refractivity contribution >= 4 is 33.9 Å². The quantitative estimate of drug-likeness (QED) is 0.643. The lowest BCUT2D eigenvalue weighted by Crippen LogP contribution is -1.92. The van der Waals surface area contributed by atoms with Gasteiger partial charge in [-0.25, -0.2) is 0 Å². The summed E-state index contributed by atoms with van der Waals surface area (Å²) in [6.45, 7) is 4.51. The van der Waals surface area contributed by atoms with Crippen LogP contribution in [0, 0.1) is 13.8 Å². The van der Waals surface area contributed by atoms with Crippen molar-refractivity contribution in [1.29, 1.82) is 0 Å². The van der Waals surface area contributed by atoms with E-state index in [1.165, 1.54) is 16.7 Å². The highest BCUT2D eigenvalue weighted by molar-refractivity contribution is 8.00. The Morgan fingerprint density at radius 1 is 1.04 bits per heavy atom. The fourth-order valence-electron chi connectivity index (χ4n) is 2.44. The molecule has 3 aromatic rings. The Morgan fingerprint density at radius 3 is 2.80 bits per heavy atom. The Labute approximate surface area is 154 Å². The van der Waals surface area contributed by atoms with Crippen molar-refractivity contribution < 1.29 is 9.47 Å². The molecule has 0 amide bonds. The molecule has 1 aliphatic rings. The lowest BCUT2D eigenvalue weighted by atomic mass is 10.1.